The van der Waals surface area contributed by atoms with E-state index in [0.717, 1.165) is 50.6 Å². The minimum atomic E-state index is 0.625. The lowest BCUT2D eigenvalue weighted by Crippen LogP contribution is -2.20. The minimum absolute atomic E-state index is 0.625. The monoisotopic (exact) mass is 273 g/mol. The van der Waals surface area contributed by atoms with E-state index >= 15 is 0 Å². The number of benzene rings is 1. The van der Waals surface area contributed by atoms with E-state index in [9.17, 15) is 0 Å². The molecule has 1 aromatic carbocycles. The van der Waals surface area contributed by atoms with Crippen LogP contribution in [0.15, 0.2) is 36.4 Å². The summed E-state index contributed by atoms with van der Waals surface area (Å²) in [6.07, 6.45) is 8.03. The van der Waals surface area contributed by atoms with Crippen molar-refractivity contribution in [1.82, 2.24) is 5.32 Å². The third-order valence-electron chi connectivity index (χ3n) is 3.71. The molecule has 2 heteroatoms. The number of nitrogens with one attached hydrogen (secondary N) is 1. The van der Waals surface area contributed by atoms with Gasteiger partial charge in [0.15, 0.2) is 0 Å². The molecule has 1 unspecified atom stereocenters. The molecule has 0 radical (unpaired) electrons. The lowest BCUT2D eigenvalue weighted by molar-refractivity contribution is 0.267. The predicted molar refractivity (Wildman–Crippen MR) is 85.4 cm³/mol. The average molecular weight is 273 g/mol. The molecule has 0 aliphatic carbocycles. The second-order valence-electron chi connectivity index (χ2n) is 5.97. The maximum atomic E-state index is 5.70. The van der Waals surface area contributed by atoms with Crippen LogP contribution in [-0.4, -0.2) is 19.7 Å². The number of rotatable bonds is 7. The fourth-order valence-corrected chi connectivity index (χ4v) is 2.62. The van der Waals surface area contributed by atoms with Gasteiger partial charge in [-0.3, -0.25) is 0 Å². The quantitative estimate of drug-likeness (QED) is 0.595. The van der Waals surface area contributed by atoms with Crippen molar-refractivity contribution in [2.24, 2.45) is 5.92 Å². The van der Waals surface area contributed by atoms with Crippen molar-refractivity contribution in [2.75, 3.05) is 19.7 Å². The van der Waals surface area contributed by atoms with Gasteiger partial charge in [-0.25, -0.2) is 0 Å². The number of allylic oxidation sites excluding steroid dienone is 1. The summed E-state index contributed by atoms with van der Waals surface area (Å²) < 4.78 is 5.70. The number of para-hydroxylation sites is 1. The van der Waals surface area contributed by atoms with Crippen molar-refractivity contribution in [2.45, 2.75) is 39.0 Å². The van der Waals surface area contributed by atoms with Crippen LogP contribution in [0.25, 0.3) is 0 Å². The Kier molecular flexibility index (Phi) is 6.13. The van der Waals surface area contributed by atoms with Gasteiger partial charge in [0, 0.05) is 0 Å². The Balaban J connectivity index is 1.72. The molecule has 1 aromatic rings. The number of ether oxygens (including phenoxy) is 1. The first-order valence-electron chi connectivity index (χ1n) is 7.85. The van der Waals surface area contributed by atoms with Crippen molar-refractivity contribution >= 4 is 0 Å². The van der Waals surface area contributed by atoms with E-state index in [0.29, 0.717) is 5.92 Å². The lowest BCUT2D eigenvalue weighted by atomic mass is 9.90. The van der Waals surface area contributed by atoms with Crippen LogP contribution in [-0.2, 0) is 0 Å². The van der Waals surface area contributed by atoms with E-state index in [4.69, 9.17) is 4.74 Å². The first-order valence-corrected chi connectivity index (χ1v) is 7.85. The highest BCUT2D eigenvalue weighted by Gasteiger charge is 2.19. The van der Waals surface area contributed by atoms with E-state index in [2.05, 4.69) is 55.6 Å². The molecule has 110 valence electrons. The highest BCUT2D eigenvalue weighted by atomic mass is 16.5. The van der Waals surface area contributed by atoms with Crippen molar-refractivity contribution in [3.8, 4) is 5.75 Å². The maximum absolute atomic E-state index is 5.70. The molecular weight excluding hydrogens is 246 g/mol. The summed E-state index contributed by atoms with van der Waals surface area (Å²) >= 11 is 0. The molecule has 2 nitrogen and oxygen atoms in total. The second-order valence-corrected chi connectivity index (χ2v) is 5.97. The van der Waals surface area contributed by atoms with Crippen LogP contribution in [0.3, 0.4) is 0 Å². The van der Waals surface area contributed by atoms with Crippen LogP contribution in [0.4, 0.5) is 0 Å². The zero-order valence-electron chi connectivity index (χ0n) is 12.8. The first-order chi connectivity index (χ1) is 9.77. The van der Waals surface area contributed by atoms with E-state index in [1.54, 1.807) is 0 Å². The highest BCUT2D eigenvalue weighted by Crippen LogP contribution is 2.35. The normalized spacial score (nSPS) is 18.2. The van der Waals surface area contributed by atoms with Crippen LogP contribution >= 0.6 is 0 Å². The summed E-state index contributed by atoms with van der Waals surface area (Å²) in [5.74, 6) is 2.44. The van der Waals surface area contributed by atoms with Crippen molar-refractivity contribution < 1.29 is 4.74 Å². The first kappa shape index (κ1) is 15.1. The lowest BCUT2D eigenvalue weighted by Gasteiger charge is -2.24. The van der Waals surface area contributed by atoms with Gasteiger partial charge >= 0.3 is 0 Å². The molecule has 1 heterocycles. The molecule has 1 aliphatic rings. The molecule has 0 fully saturated rings. The SMILES string of the molecule is CC(C)CNCC/C=C/CC1CCOc2ccccc21. The van der Waals surface area contributed by atoms with E-state index < -0.39 is 0 Å². The maximum Gasteiger partial charge on any atom is 0.122 e. The largest absolute Gasteiger partial charge is 0.493 e. The molecule has 0 bridgehead atoms. The summed E-state index contributed by atoms with van der Waals surface area (Å²) in [5.41, 5.74) is 1.38. The molecule has 20 heavy (non-hydrogen) atoms. The smallest absolute Gasteiger partial charge is 0.122 e. The van der Waals surface area contributed by atoms with Crippen LogP contribution in [0.5, 0.6) is 5.75 Å². The Morgan fingerprint density at radius 2 is 2.15 bits per heavy atom. The van der Waals surface area contributed by atoms with Crippen molar-refractivity contribution in [3.63, 3.8) is 0 Å². The fourth-order valence-electron chi connectivity index (χ4n) is 2.62. The number of fused-ring (bicyclic) bond motifs is 1. The van der Waals surface area contributed by atoms with Gasteiger partial charge in [0.2, 0.25) is 0 Å². The predicted octanol–water partition coefficient (Wildman–Crippen LogP) is 4.13. The number of hydrogen-bond acceptors (Lipinski definition) is 2. The summed E-state index contributed by atoms with van der Waals surface area (Å²) in [4.78, 5) is 0. The second kappa shape index (κ2) is 8.11. The standard InChI is InChI=1S/C18H27NO/c1-15(2)14-19-12-7-3-4-8-16-11-13-20-18-10-6-5-9-17(16)18/h3-6,9-10,15-16,19H,7-8,11-14H2,1-2H3/b4-3+. The summed E-state index contributed by atoms with van der Waals surface area (Å²) in [6, 6.07) is 8.45. The zero-order valence-corrected chi connectivity index (χ0v) is 12.8. The van der Waals surface area contributed by atoms with Crippen molar-refractivity contribution in [3.05, 3.63) is 42.0 Å². The van der Waals surface area contributed by atoms with E-state index in [1.165, 1.54) is 5.56 Å². The Bertz CT molecular complexity index is 425. The van der Waals surface area contributed by atoms with Gasteiger partial charge in [-0.2, -0.15) is 0 Å². The van der Waals surface area contributed by atoms with E-state index in [1.807, 2.05) is 0 Å². The molecule has 1 atom stereocenters. The van der Waals surface area contributed by atoms with Gasteiger partial charge in [0.05, 0.1) is 6.61 Å². The van der Waals surface area contributed by atoms with Gasteiger partial charge in [-0.05, 0) is 55.8 Å². The summed E-state index contributed by atoms with van der Waals surface area (Å²) in [5, 5.41) is 3.47. The topological polar surface area (TPSA) is 21.3 Å². The van der Waals surface area contributed by atoms with Gasteiger partial charge in [-0.15, -0.1) is 0 Å². The Labute approximate surface area is 123 Å². The van der Waals surface area contributed by atoms with Gasteiger partial charge < -0.3 is 10.1 Å². The fraction of sp³-hybridized carbons (Fsp3) is 0.556. The molecule has 2 rings (SSSR count). The number of hydrogen-bond donors (Lipinski definition) is 1. The van der Waals surface area contributed by atoms with E-state index in [-0.39, 0.29) is 0 Å². The Morgan fingerprint density at radius 1 is 1.30 bits per heavy atom. The molecule has 0 aromatic heterocycles. The molecule has 0 saturated carbocycles. The van der Waals surface area contributed by atoms with Crippen LogP contribution in [0.2, 0.25) is 0 Å². The minimum Gasteiger partial charge on any atom is -0.493 e. The van der Waals surface area contributed by atoms with Gasteiger partial charge in [0.25, 0.3) is 0 Å². The van der Waals surface area contributed by atoms with Crippen LogP contribution in [0, 0.1) is 5.92 Å². The molecule has 1 N–H and O–H groups in total. The third kappa shape index (κ3) is 4.68. The Hall–Kier alpha value is -1.28. The van der Waals surface area contributed by atoms with Crippen LogP contribution in [0.1, 0.15) is 44.6 Å². The highest BCUT2D eigenvalue weighted by molar-refractivity contribution is 5.38. The molecular formula is C18H27NO. The molecule has 0 spiro atoms. The summed E-state index contributed by atoms with van der Waals surface area (Å²) in [7, 11) is 0. The van der Waals surface area contributed by atoms with Gasteiger partial charge in [-0.1, -0.05) is 44.2 Å². The molecule has 1 aliphatic heterocycles. The average Bonchev–Trinajstić information content (AvgIpc) is 2.46. The van der Waals surface area contributed by atoms with Gasteiger partial charge in [0.1, 0.15) is 5.75 Å². The molecule has 0 amide bonds. The zero-order chi connectivity index (χ0) is 14.2. The van der Waals surface area contributed by atoms with Crippen LogP contribution < -0.4 is 10.1 Å². The Morgan fingerprint density at radius 3 is 3.00 bits per heavy atom. The third-order valence-corrected chi connectivity index (χ3v) is 3.71. The molecule has 0 saturated heterocycles. The summed E-state index contributed by atoms with van der Waals surface area (Å²) in [6.45, 7) is 7.53. The van der Waals surface area contributed by atoms with Crippen molar-refractivity contribution in [1.29, 1.82) is 0 Å².